The number of hydrogen-bond donors (Lipinski definition) is 0. The molecule has 1 rings (SSSR count). The molecular weight excluding hydrogens is 310 g/mol. The van der Waals surface area contributed by atoms with Crippen LogP contribution in [0.4, 0.5) is 5.69 Å². The molecule has 0 saturated heterocycles. The lowest BCUT2D eigenvalue weighted by molar-refractivity contribution is -0.384. The molecule has 0 heterocycles. The number of ketones is 1. The largest absolute Gasteiger partial charge is 0.455 e. The van der Waals surface area contributed by atoms with Gasteiger partial charge in [0.05, 0.1) is 4.92 Å². The number of esters is 1. The summed E-state index contributed by atoms with van der Waals surface area (Å²) in [6, 6.07) is 4.14. The lowest BCUT2D eigenvalue weighted by Gasteiger charge is -2.15. The van der Waals surface area contributed by atoms with E-state index in [4.69, 9.17) is 16.3 Å². The third-order valence-electron chi connectivity index (χ3n) is 2.76. The van der Waals surface area contributed by atoms with Gasteiger partial charge in [0.1, 0.15) is 5.02 Å². The van der Waals surface area contributed by atoms with E-state index in [1.165, 1.54) is 24.3 Å². The predicted octanol–water partition coefficient (Wildman–Crippen LogP) is 3.42. The summed E-state index contributed by atoms with van der Waals surface area (Å²) in [5.41, 5.74) is -0.406. The van der Waals surface area contributed by atoms with Crippen molar-refractivity contribution in [3.63, 3.8) is 0 Å². The molecule has 22 heavy (non-hydrogen) atoms. The number of ether oxygens (including phenoxy) is 1. The molecule has 0 fully saturated rings. The normalized spacial score (nSPS) is 11.5. The molecule has 6 nitrogen and oxygen atoms in total. The van der Waals surface area contributed by atoms with Crippen molar-refractivity contribution in [1.29, 1.82) is 0 Å². The van der Waals surface area contributed by atoms with Gasteiger partial charge in [-0.15, -0.1) is 0 Å². The zero-order chi connectivity index (χ0) is 16.9. The van der Waals surface area contributed by atoms with Gasteiger partial charge in [-0.25, -0.2) is 4.79 Å². The Morgan fingerprint density at radius 2 is 2.00 bits per heavy atom. The standard InChI is InChI=1S/C15H16ClNO5/c1-15(2,3)13(18)9-22-14(19)7-5-10-4-6-11(16)12(8-10)17(20)21/h4-8H,9H2,1-3H3/b7-5+. The first-order valence-corrected chi connectivity index (χ1v) is 6.81. The third-order valence-corrected chi connectivity index (χ3v) is 3.08. The van der Waals surface area contributed by atoms with E-state index in [0.717, 1.165) is 6.08 Å². The molecule has 0 aliphatic carbocycles. The quantitative estimate of drug-likeness (QED) is 0.358. The van der Waals surface area contributed by atoms with Gasteiger partial charge in [0.2, 0.25) is 0 Å². The van der Waals surface area contributed by atoms with Gasteiger partial charge in [-0.05, 0) is 17.7 Å². The molecule has 0 aliphatic heterocycles. The zero-order valence-corrected chi connectivity index (χ0v) is 13.2. The molecular formula is C15H16ClNO5. The summed E-state index contributed by atoms with van der Waals surface area (Å²) in [4.78, 5) is 33.3. The molecule has 0 spiro atoms. The average Bonchev–Trinajstić information content (AvgIpc) is 2.42. The first kappa shape index (κ1) is 17.8. The van der Waals surface area contributed by atoms with Gasteiger partial charge >= 0.3 is 5.97 Å². The monoisotopic (exact) mass is 325 g/mol. The molecule has 1 aromatic carbocycles. The summed E-state index contributed by atoms with van der Waals surface area (Å²) in [6.45, 7) is 4.87. The number of nitrogens with zero attached hydrogens (tertiary/aromatic N) is 1. The number of carbonyl (C=O) groups is 2. The van der Waals surface area contributed by atoms with Crippen LogP contribution in [0, 0.1) is 15.5 Å². The second-order valence-electron chi connectivity index (χ2n) is 5.58. The number of rotatable bonds is 5. The Bertz CT molecular complexity index is 631. The second-order valence-corrected chi connectivity index (χ2v) is 5.99. The minimum absolute atomic E-state index is 0.0144. The van der Waals surface area contributed by atoms with Crippen molar-refractivity contribution in [1.82, 2.24) is 0 Å². The van der Waals surface area contributed by atoms with Crippen LogP contribution in [0.5, 0.6) is 0 Å². The summed E-state index contributed by atoms with van der Waals surface area (Å²) in [6.07, 6.45) is 2.45. The van der Waals surface area contributed by atoms with Gasteiger partial charge in [-0.2, -0.15) is 0 Å². The Hall–Kier alpha value is -2.21. The molecule has 7 heteroatoms. The van der Waals surface area contributed by atoms with E-state index in [9.17, 15) is 19.7 Å². The van der Waals surface area contributed by atoms with Crippen LogP contribution >= 0.6 is 11.6 Å². The Kier molecular flexibility index (Phi) is 5.82. The molecule has 0 aliphatic rings. The van der Waals surface area contributed by atoms with Crippen LogP contribution in [0.1, 0.15) is 26.3 Å². The van der Waals surface area contributed by atoms with Crippen LogP contribution in [-0.2, 0) is 14.3 Å². The summed E-state index contributed by atoms with van der Waals surface area (Å²) in [7, 11) is 0. The number of benzene rings is 1. The second kappa shape index (κ2) is 7.17. The van der Waals surface area contributed by atoms with Crippen molar-refractivity contribution in [3.8, 4) is 0 Å². The highest BCUT2D eigenvalue weighted by atomic mass is 35.5. The maximum Gasteiger partial charge on any atom is 0.331 e. The van der Waals surface area contributed by atoms with Gasteiger partial charge in [-0.1, -0.05) is 38.4 Å². The molecule has 0 bridgehead atoms. The van der Waals surface area contributed by atoms with Crippen molar-refractivity contribution in [3.05, 3.63) is 45.0 Å². The number of halogens is 1. The van der Waals surface area contributed by atoms with Gasteiger partial charge in [0.15, 0.2) is 12.4 Å². The lowest BCUT2D eigenvalue weighted by Crippen LogP contribution is -2.25. The minimum Gasteiger partial charge on any atom is -0.455 e. The maximum absolute atomic E-state index is 11.6. The van der Waals surface area contributed by atoms with Gasteiger partial charge in [0.25, 0.3) is 5.69 Å². The average molecular weight is 326 g/mol. The topological polar surface area (TPSA) is 86.5 Å². The number of nitro groups is 1. The molecule has 118 valence electrons. The molecule has 0 atom stereocenters. The van der Waals surface area contributed by atoms with E-state index >= 15 is 0 Å². The first-order chi connectivity index (χ1) is 10.1. The summed E-state index contributed by atoms with van der Waals surface area (Å²) < 4.78 is 4.82. The molecule has 0 saturated carbocycles. The van der Waals surface area contributed by atoms with Crippen LogP contribution in [0.25, 0.3) is 6.08 Å². The Morgan fingerprint density at radius 1 is 1.36 bits per heavy atom. The third kappa shape index (κ3) is 5.29. The number of carbonyl (C=O) groups excluding carboxylic acids is 2. The van der Waals surface area contributed by atoms with Crippen LogP contribution in [-0.4, -0.2) is 23.3 Å². The van der Waals surface area contributed by atoms with Crippen molar-refractivity contribution in [2.75, 3.05) is 6.61 Å². The molecule has 1 aromatic rings. The van der Waals surface area contributed by atoms with Crippen LogP contribution in [0.3, 0.4) is 0 Å². The number of hydrogen-bond acceptors (Lipinski definition) is 5. The van der Waals surface area contributed by atoms with Crippen molar-refractivity contribution < 1.29 is 19.2 Å². The molecule has 0 aromatic heterocycles. The van der Waals surface area contributed by atoms with Gasteiger partial charge in [0, 0.05) is 17.6 Å². The SMILES string of the molecule is CC(C)(C)C(=O)COC(=O)/C=C/c1ccc(Cl)c([N+](=O)[O-])c1. The highest BCUT2D eigenvalue weighted by molar-refractivity contribution is 6.32. The summed E-state index contributed by atoms with van der Waals surface area (Å²) >= 11 is 5.69. The van der Waals surface area contributed by atoms with E-state index in [2.05, 4.69) is 0 Å². The Labute approximate surface area is 132 Å². The highest BCUT2D eigenvalue weighted by Crippen LogP contribution is 2.25. The fraction of sp³-hybridized carbons (Fsp3) is 0.333. The fourth-order valence-corrected chi connectivity index (χ4v) is 1.53. The van der Waals surface area contributed by atoms with E-state index < -0.39 is 16.3 Å². The van der Waals surface area contributed by atoms with E-state index in [1.807, 2.05) is 0 Å². The van der Waals surface area contributed by atoms with E-state index in [0.29, 0.717) is 5.56 Å². The summed E-state index contributed by atoms with van der Waals surface area (Å²) in [5.74, 6) is -0.897. The molecule has 0 radical (unpaired) electrons. The van der Waals surface area contributed by atoms with Crippen molar-refractivity contribution in [2.45, 2.75) is 20.8 Å². The van der Waals surface area contributed by atoms with Crippen LogP contribution < -0.4 is 0 Å². The van der Waals surface area contributed by atoms with Crippen molar-refractivity contribution >= 4 is 35.1 Å². The minimum atomic E-state index is -0.699. The Morgan fingerprint density at radius 3 is 2.55 bits per heavy atom. The first-order valence-electron chi connectivity index (χ1n) is 6.43. The van der Waals surface area contributed by atoms with Gasteiger partial charge < -0.3 is 4.74 Å². The molecule has 0 amide bonds. The summed E-state index contributed by atoms with van der Waals surface area (Å²) in [5, 5.41) is 10.8. The van der Waals surface area contributed by atoms with Gasteiger partial charge in [-0.3, -0.25) is 14.9 Å². The smallest absolute Gasteiger partial charge is 0.331 e. The Balaban J connectivity index is 2.69. The maximum atomic E-state index is 11.6. The lowest BCUT2D eigenvalue weighted by atomic mass is 9.91. The highest BCUT2D eigenvalue weighted by Gasteiger charge is 2.22. The van der Waals surface area contributed by atoms with Crippen LogP contribution in [0.15, 0.2) is 24.3 Å². The fourth-order valence-electron chi connectivity index (χ4n) is 1.34. The van der Waals surface area contributed by atoms with E-state index in [-0.39, 0.29) is 23.1 Å². The number of Topliss-reactive ketones (excluding diaryl/α,β-unsaturated/α-hetero) is 1. The van der Waals surface area contributed by atoms with E-state index in [1.54, 1.807) is 20.8 Å². The predicted molar refractivity (Wildman–Crippen MR) is 82.6 cm³/mol. The molecule has 0 unspecified atom stereocenters. The van der Waals surface area contributed by atoms with Crippen LogP contribution in [0.2, 0.25) is 5.02 Å². The number of nitro benzene ring substituents is 1. The molecule has 0 N–H and O–H groups in total. The van der Waals surface area contributed by atoms with Crippen molar-refractivity contribution in [2.24, 2.45) is 5.41 Å². The zero-order valence-electron chi connectivity index (χ0n) is 12.5.